The zero-order valence-electron chi connectivity index (χ0n) is 15.2. The fourth-order valence-corrected chi connectivity index (χ4v) is 3.95. The Morgan fingerprint density at radius 3 is 2.58 bits per heavy atom. The Hall–Kier alpha value is -1.66. The van der Waals surface area contributed by atoms with Crippen molar-refractivity contribution < 1.29 is 4.79 Å². The SMILES string of the molecule is Cc1cc(N2CCC(N(C)C(=O)c3cc(Cl)ccc3Br)CC2)nc(C)n1. The number of rotatable bonds is 3. The van der Waals surface area contributed by atoms with E-state index >= 15 is 0 Å². The number of amides is 1. The monoisotopic (exact) mass is 436 g/mol. The van der Waals surface area contributed by atoms with E-state index in [2.05, 4.69) is 30.8 Å². The minimum absolute atomic E-state index is 0.00782. The van der Waals surface area contributed by atoms with Gasteiger partial charge in [0, 0.05) is 47.4 Å². The molecule has 0 spiro atoms. The summed E-state index contributed by atoms with van der Waals surface area (Å²) in [5, 5.41) is 0.564. The first kappa shape index (κ1) is 19.1. The largest absolute Gasteiger partial charge is 0.356 e. The summed E-state index contributed by atoms with van der Waals surface area (Å²) in [5.74, 6) is 1.76. The lowest BCUT2D eigenvalue weighted by Crippen LogP contribution is -2.46. The maximum Gasteiger partial charge on any atom is 0.255 e. The van der Waals surface area contributed by atoms with Crippen LogP contribution in [-0.2, 0) is 0 Å². The van der Waals surface area contributed by atoms with E-state index in [1.807, 2.05) is 37.9 Å². The third kappa shape index (κ3) is 4.18. The van der Waals surface area contributed by atoms with Gasteiger partial charge >= 0.3 is 0 Å². The topological polar surface area (TPSA) is 49.3 Å². The minimum Gasteiger partial charge on any atom is -0.356 e. The first-order chi connectivity index (χ1) is 12.3. The van der Waals surface area contributed by atoms with Gasteiger partial charge in [-0.1, -0.05) is 11.6 Å². The molecule has 7 heteroatoms. The number of nitrogens with zero attached hydrogens (tertiary/aromatic N) is 4. The number of hydrogen-bond acceptors (Lipinski definition) is 4. The average molecular weight is 438 g/mol. The molecule has 1 amide bonds. The highest BCUT2D eigenvalue weighted by Gasteiger charge is 2.27. The number of halogens is 2. The Morgan fingerprint density at radius 2 is 1.92 bits per heavy atom. The summed E-state index contributed by atoms with van der Waals surface area (Å²) in [4.78, 5) is 25.9. The molecule has 0 N–H and O–H groups in total. The first-order valence-corrected chi connectivity index (χ1v) is 9.81. The van der Waals surface area contributed by atoms with Crippen LogP contribution in [0.2, 0.25) is 5.02 Å². The van der Waals surface area contributed by atoms with Gasteiger partial charge in [0.05, 0.1) is 5.56 Å². The quantitative estimate of drug-likeness (QED) is 0.720. The minimum atomic E-state index is -0.00782. The smallest absolute Gasteiger partial charge is 0.255 e. The zero-order valence-corrected chi connectivity index (χ0v) is 17.5. The fraction of sp³-hybridized carbons (Fsp3) is 0.421. The highest BCUT2D eigenvalue weighted by Crippen LogP contribution is 2.26. The summed E-state index contributed by atoms with van der Waals surface area (Å²) in [7, 11) is 1.87. The molecule has 0 atom stereocenters. The Bertz CT molecular complexity index is 801. The van der Waals surface area contributed by atoms with Crippen molar-refractivity contribution in [3.63, 3.8) is 0 Å². The zero-order chi connectivity index (χ0) is 18.8. The third-order valence-electron chi connectivity index (χ3n) is 4.77. The van der Waals surface area contributed by atoms with Crippen molar-refractivity contribution in [1.82, 2.24) is 14.9 Å². The molecular weight excluding hydrogens is 416 g/mol. The molecule has 0 unspecified atom stereocenters. The summed E-state index contributed by atoms with van der Waals surface area (Å²) in [6.07, 6.45) is 1.81. The van der Waals surface area contributed by atoms with Crippen molar-refractivity contribution in [3.8, 4) is 0 Å². The molecule has 26 heavy (non-hydrogen) atoms. The normalized spacial score (nSPS) is 15.2. The number of hydrogen-bond donors (Lipinski definition) is 0. The predicted molar refractivity (Wildman–Crippen MR) is 108 cm³/mol. The van der Waals surface area contributed by atoms with Crippen molar-refractivity contribution in [2.45, 2.75) is 32.7 Å². The second-order valence-corrected chi connectivity index (χ2v) is 7.96. The van der Waals surface area contributed by atoms with Gasteiger partial charge in [0.25, 0.3) is 5.91 Å². The number of anilines is 1. The number of benzene rings is 1. The molecule has 0 radical (unpaired) electrons. The number of piperidine rings is 1. The Morgan fingerprint density at radius 1 is 1.23 bits per heavy atom. The molecule has 2 aromatic rings. The van der Waals surface area contributed by atoms with Crippen LogP contribution in [0.1, 0.15) is 34.7 Å². The van der Waals surface area contributed by atoms with Crippen molar-refractivity contribution in [2.75, 3.05) is 25.0 Å². The van der Waals surface area contributed by atoms with Gasteiger partial charge in [-0.2, -0.15) is 0 Å². The van der Waals surface area contributed by atoms with Gasteiger partial charge in [0.15, 0.2) is 0 Å². The van der Waals surface area contributed by atoms with Crippen LogP contribution in [0.15, 0.2) is 28.7 Å². The van der Waals surface area contributed by atoms with Gasteiger partial charge in [-0.15, -0.1) is 0 Å². The van der Waals surface area contributed by atoms with E-state index < -0.39 is 0 Å². The Balaban J connectivity index is 1.67. The molecule has 3 rings (SSSR count). The van der Waals surface area contributed by atoms with Gasteiger partial charge in [-0.25, -0.2) is 9.97 Å². The maximum atomic E-state index is 12.9. The Kier molecular flexibility index (Phi) is 5.82. The van der Waals surface area contributed by atoms with E-state index in [9.17, 15) is 4.79 Å². The van der Waals surface area contributed by atoms with Crippen LogP contribution in [-0.4, -0.2) is 47.0 Å². The molecule has 1 aromatic carbocycles. The lowest BCUT2D eigenvalue weighted by molar-refractivity contribution is 0.0708. The number of carbonyl (C=O) groups excluding carboxylic acids is 1. The molecule has 1 aromatic heterocycles. The fourth-order valence-electron chi connectivity index (χ4n) is 3.36. The van der Waals surface area contributed by atoms with Crippen LogP contribution in [0.25, 0.3) is 0 Å². The molecule has 1 aliphatic heterocycles. The van der Waals surface area contributed by atoms with E-state index in [1.54, 1.807) is 12.1 Å². The first-order valence-electron chi connectivity index (χ1n) is 8.64. The highest BCUT2D eigenvalue weighted by atomic mass is 79.9. The number of aryl methyl sites for hydroxylation is 2. The van der Waals surface area contributed by atoms with Gasteiger partial charge in [-0.3, -0.25) is 4.79 Å². The van der Waals surface area contributed by atoms with E-state index in [4.69, 9.17) is 11.6 Å². The van der Waals surface area contributed by atoms with E-state index in [0.717, 1.165) is 47.7 Å². The van der Waals surface area contributed by atoms with Crippen LogP contribution in [0.3, 0.4) is 0 Å². The summed E-state index contributed by atoms with van der Waals surface area (Å²) in [5.41, 5.74) is 1.58. The third-order valence-corrected chi connectivity index (χ3v) is 5.69. The van der Waals surface area contributed by atoms with E-state index in [-0.39, 0.29) is 11.9 Å². The highest BCUT2D eigenvalue weighted by molar-refractivity contribution is 9.10. The van der Waals surface area contributed by atoms with Gasteiger partial charge in [0.1, 0.15) is 11.6 Å². The molecule has 5 nitrogen and oxygen atoms in total. The second-order valence-electron chi connectivity index (χ2n) is 6.67. The van der Waals surface area contributed by atoms with Gasteiger partial charge < -0.3 is 9.80 Å². The van der Waals surface area contributed by atoms with Crippen LogP contribution in [0, 0.1) is 13.8 Å². The van der Waals surface area contributed by atoms with Crippen molar-refractivity contribution in [1.29, 1.82) is 0 Å². The predicted octanol–water partition coefficient (Wildman–Crippen LogP) is 4.25. The molecule has 2 heterocycles. The molecule has 1 saturated heterocycles. The molecule has 0 bridgehead atoms. The number of carbonyl (C=O) groups is 1. The molecule has 1 fully saturated rings. The summed E-state index contributed by atoms with van der Waals surface area (Å²) in [6, 6.07) is 7.52. The Labute approximate surface area is 167 Å². The molecule has 0 aliphatic carbocycles. The summed E-state index contributed by atoms with van der Waals surface area (Å²) >= 11 is 9.50. The average Bonchev–Trinajstić information content (AvgIpc) is 2.62. The van der Waals surface area contributed by atoms with Crippen LogP contribution < -0.4 is 4.90 Å². The van der Waals surface area contributed by atoms with Crippen molar-refractivity contribution >= 4 is 39.3 Å². The van der Waals surface area contributed by atoms with Crippen LogP contribution >= 0.6 is 27.5 Å². The van der Waals surface area contributed by atoms with Gasteiger partial charge in [0.2, 0.25) is 0 Å². The summed E-state index contributed by atoms with van der Waals surface area (Å²) in [6.45, 7) is 5.64. The van der Waals surface area contributed by atoms with Crippen molar-refractivity contribution in [2.24, 2.45) is 0 Å². The molecule has 1 aliphatic rings. The van der Waals surface area contributed by atoms with Crippen LogP contribution in [0.4, 0.5) is 5.82 Å². The molecule has 0 saturated carbocycles. The standard InChI is InChI=1S/C19H22BrClN4O/c1-12-10-18(23-13(2)22-12)25-8-6-15(7-9-25)24(3)19(26)16-11-14(21)4-5-17(16)20/h4-5,10-11,15H,6-9H2,1-3H3. The lowest BCUT2D eigenvalue weighted by Gasteiger charge is -2.37. The van der Waals surface area contributed by atoms with Gasteiger partial charge in [-0.05, 0) is 60.8 Å². The number of aromatic nitrogens is 2. The second kappa shape index (κ2) is 7.92. The van der Waals surface area contributed by atoms with E-state index in [1.165, 1.54) is 0 Å². The van der Waals surface area contributed by atoms with E-state index in [0.29, 0.717) is 10.6 Å². The summed E-state index contributed by atoms with van der Waals surface area (Å²) < 4.78 is 0.767. The molecule has 138 valence electrons. The maximum absolute atomic E-state index is 12.9. The molecular formula is C19H22BrClN4O. The van der Waals surface area contributed by atoms with Crippen LogP contribution in [0.5, 0.6) is 0 Å². The van der Waals surface area contributed by atoms with Crippen molar-refractivity contribution in [3.05, 3.63) is 50.8 Å². The lowest BCUT2D eigenvalue weighted by atomic mass is 10.0.